The number of anilines is 1. The Morgan fingerprint density at radius 1 is 1.29 bits per heavy atom. The molecule has 0 aromatic heterocycles. The molecule has 1 saturated heterocycles. The normalized spacial score (nSPS) is 25.8. The number of aliphatic hydroxyl groups excluding tert-OH is 1. The molecule has 1 aliphatic rings. The molecule has 0 saturated carbocycles. The molecular formula is C14H22N2O. The Labute approximate surface area is 103 Å². The van der Waals surface area contributed by atoms with Crippen molar-refractivity contribution in [3.63, 3.8) is 0 Å². The van der Waals surface area contributed by atoms with Gasteiger partial charge < -0.3 is 15.3 Å². The van der Waals surface area contributed by atoms with Crippen LogP contribution in [0.25, 0.3) is 0 Å². The van der Waals surface area contributed by atoms with E-state index in [4.69, 9.17) is 0 Å². The van der Waals surface area contributed by atoms with E-state index in [-0.39, 0.29) is 6.10 Å². The molecule has 17 heavy (non-hydrogen) atoms. The van der Waals surface area contributed by atoms with E-state index in [0.29, 0.717) is 19.1 Å². The molecular weight excluding hydrogens is 212 g/mol. The first kappa shape index (κ1) is 12.4. The lowest BCUT2D eigenvalue weighted by molar-refractivity contribution is 0.184. The molecule has 3 nitrogen and oxygen atoms in total. The smallest absolute Gasteiger partial charge is 0.0839 e. The first-order chi connectivity index (χ1) is 8.08. The summed E-state index contributed by atoms with van der Waals surface area (Å²) in [6.07, 6.45) is -0.291. The predicted molar refractivity (Wildman–Crippen MR) is 71.6 cm³/mol. The zero-order valence-corrected chi connectivity index (χ0v) is 10.9. The van der Waals surface area contributed by atoms with E-state index < -0.39 is 0 Å². The zero-order valence-electron chi connectivity index (χ0n) is 10.9. The van der Waals surface area contributed by atoms with Gasteiger partial charge in [-0.2, -0.15) is 0 Å². The van der Waals surface area contributed by atoms with E-state index in [1.165, 1.54) is 16.8 Å². The molecule has 0 radical (unpaired) electrons. The number of hydrogen-bond acceptors (Lipinski definition) is 3. The number of benzene rings is 1. The van der Waals surface area contributed by atoms with Crippen molar-refractivity contribution in [2.45, 2.75) is 32.9 Å². The molecule has 3 heteroatoms. The van der Waals surface area contributed by atoms with Crippen molar-refractivity contribution in [3.05, 3.63) is 29.3 Å². The van der Waals surface area contributed by atoms with Crippen LogP contribution in [0.4, 0.5) is 5.69 Å². The Balaban J connectivity index is 2.29. The molecule has 2 atom stereocenters. The minimum Gasteiger partial charge on any atom is -0.390 e. The van der Waals surface area contributed by atoms with Crippen molar-refractivity contribution in [1.29, 1.82) is 0 Å². The summed E-state index contributed by atoms with van der Waals surface area (Å²) < 4.78 is 0. The number of nitrogens with zero attached hydrogens (tertiary/aromatic N) is 1. The highest BCUT2D eigenvalue weighted by atomic mass is 16.3. The topological polar surface area (TPSA) is 35.5 Å². The van der Waals surface area contributed by atoms with Gasteiger partial charge in [0.25, 0.3) is 0 Å². The Kier molecular flexibility index (Phi) is 3.69. The fourth-order valence-corrected chi connectivity index (χ4v) is 2.50. The third-order valence-electron chi connectivity index (χ3n) is 3.42. The molecule has 2 rings (SSSR count). The van der Waals surface area contributed by atoms with E-state index in [1.54, 1.807) is 0 Å². The Bertz CT molecular complexity index is 392. The maximum atomic E-state index is 9.88. The van der Waals surface area contributed by atoms with Gasteiger partial charge in [0, 0.05) is 31.4 Å². The van der Waals surface area contributed by atoms with Gasteiger partial charge in [0.15, 0.2) is 0 Å². The zero-order chi connectivity index (χ0) is 12.4. The van der Waals surface area contributed by atoms with Gasteiger partial charge in [-0.3, -0.25) is 0 Å². The van der Waals surface area contributed by atoms with E-state index >= 15 is 0 Å². The van der Waals surface area contributed by atoms with Crippen LogP contribution in [0.3, 0.4) is 0 Å². The fraction of sp³-hybridized carbons (Fsp3) is 0.571. The quantitative estimate of drug-likeness (QED) is 0.772. The van der Waals surface area contributed by atoms with Crippen molar-refractivity contribution >= 4 is 5.69 Å². The van der Waals surface area contributed by atoms with Crippen LogP contribution in [-0.4, -0.2) is 36.9 Å². The lowest BCUT2D eigenvalue weighted by atomic mass is 10.1. The van der Waals surface area contributed by atoms with Crippen LogP contribution in [0.5, 0.6) is 0 Å². The minimum atomic E-state index is -0.291. The number of aliphatic hydroxyl groups is 1. The number of aryl methyl sites for hydroxylation is 2. The summed E-state index contributed by atoms with van der Waals surface area (Å²) in [5.74, 6) is 0. The summed E-state index contributed by atoms with van der Waals surface area (Å²) in [6, 6.07) is 6.92. The number of β-amino-alcohol motifs (C(OH)–C–C–N with tert-alkyl or cyclic N) is 1. The lowest BCUT2D eigenvalue weighted by Crippen LogP contribution is -2.39. The van der Waals surface area contributed by atoms with Gasteiger partial charge >= 0.3 is 0 Å². The fourth-order valence-electron chi connectivity index (χ4n) is 2.50. The van der Waals surface area contributed by atoms with Crippen molar-refractivity contribution in [3.8, 4) is 0 Å². The molecule has 0 amide bonds. The average molecular weight is 234 g/mol. The van der Waals surface area contributed by atoms with Crippen molar-refractivity contribution in [1.82, 2.24) is 5.32 Å². The Hall–Kier alpha value is -1.06. The van der Waals surface area contributed by atoms with Crippen LogP contribution < -0.4 is 10.2 Å². The molecule has 1 heterocycles. The van der Waals surface area contributed by atoms with Crippen LogP contribution in [0, 0.1) is 13.8 Å². The molecule has 1 fully saturated rings. The van der Waals surface area contributed by atoms with Gasteiger partial charge in [-0.05, 0) is 32.4 Å². The molecule has 1 aromatic rings. The summed E-state index contributed by atoms with van der Waals surface area (Å²) in [5.41, 5.74) is 3.81. The van der Waals surface area contributed by atoms with Gasteiger partial charge in [0.2, 0.25) is 0 Å². The molecule has 94 valence electrons. The third-order valence-corrected chi connectivity index (χ3v) is 3.42. The molecule has 0 bridgehead atoms. The van der Waals surface area contributed by atoms with Gasteiger partial charge in [-0.25, -0.2) is 0 Å². The number of hydrogen-bond donors (Lipinski definition) is 2. The number of rotatable bonds is 1. The monoisotopic (exact) mass is 234 g/mol. The van der Waals surface area contributed by atoms with Gasteiger partial charge in [-0.15, -0.1) is 0 Å². The van der Waals surface area contributed by atoms with E-state index in [1.807, 2.05) is 0 Å². The first-order valence-electron chi connectivity index (χ1n) is 6.30. The average Bonchev–Trinajstić information content (AvgIpc) is 2.41. The summed E-state index contributed by atoms with van der Waals surface area (Å²) in [7, 11) is 0. The van der Waals surface area contributed by atoms with Crippen LogP contribution in [-0.2, 0) is 0 Å². The molecule has 1 aromatic carbocycles. The second-order valence-corrected chi connectivity index (χ2v) is 5.10. The summed E-state index contributed by atoms with van der Waals surface area (Å²) >= 11 is 0. The summed E-state index contributed by atoms with van der Waals surface area (Å²) in [6.45, 7) is 8.76. The molecule has 0 aliphatic carbocycles. The van der Waals surface area contributed by atoms with Gasteiger partial charge in [-0.1, -0.05) is 17.7 Å². The highest BCUT2D eigenvalue weighted by Gasteiger charge is 2.22. The summed E-state index contributed by atoms with van der Waals surface area (Å²) in [4.78, 5) is 2.31. The Morgan fingerprint density at radius 2 is 2.06 bits per heavy atom. The van der Waals surface area contributed by atoms with Crippen molar-refractivity contribution in [2.75, 3.05) is 24.5 Å². The second-order valence-electron chi connectivity index (χ2n) is 5.10. The highest BCUT2D eigenvalue weighted by Crippen LogP contribution is 2.24. The standard InChI is InChI=1S/C14H22N2O/c1-10-4-5-14(11(2)6-10)16-9-13(17)8-15-7-12(16)3/h4-6,12-13,15,17H,7-9H2,1-3H3. The molecule has 0 spiro atoms. The predicted octanol–water partition coefficient (Wildman–Crippen LogP) is 1.46. The second kappa shape index (κ2) is 5.07. The van der Waals surface area contributed by atoms with Crippen molar-refractivity contribution < 1.29 is 5.11 Å². The van der Waals surface area contributed by atoms with Crippen LogP contribution in [0.15, 0.2) is 18.2 Å². The van der Waals surface area contributed by atoms with E-state index in [2.05, 4.69) is 49.2 Å². The molecule has 1 aliphatic heterocycles. The van der Waals surface area contributed by atoms with Crippen LogP contribution in [0.1, 0.15) is 18.1 Å². The van der Waals surface area contributed by atoms with Gasteiger partial charge in [0.05, 0.1) is 6.10 Å². The summed E-state index contributed by atoms with van der Waals surface area (Å²) in [5, 5.41) is 13.2. The maximum Gasteiger partial charge on any atom is 0.0839 e. The first-order valence-corrected chi connectivity index (χ1v) is 6.30. The minimum absolute atomic E-state index is 0.291. The van der Waals surface area contributed by atoms with E-state index in [9.17, 15) is 5.11 Å². The number of nitrogens with one attached hydrogen (secondary N) is 1. The van der Waals surface area contributed by atoms with Gasteiger partial charge in [0.1, 0.15) is 0 Å². The van der Waals surface area contributed by atoms with Crippen LogP contribution in [0.2, 0.25) is 0 Å². The SMILES string of the molecule is Cc1ccc(N2CC(O)CNCC2C)c(C)c1. The lowest BCUT2D eigenvalue weighted by Gasteiger charge is -2.31. The highest BCUT2D eigenvalue weighted by molar-refractivity contribution is 5.55. The van der Waals surface area contributed by atoms with E-state index in [0.717, 1.165) is 6.54 Å². The maximum absolute atomic E-state index is 9.88. The van der Waals surface area contributed by atoms with Crippen molar-refractivity contribution in [2.24, 2.45) is 0 Å². The third kappa shape index (κ3) is 2.79. The van der Waals surface area contributed by atoms with Crippen LogP contribution >= 0.6 is 0 Å². The largest absolute Gasteiger partial charge is 0.390 e. The molecule has 2 unspecified atom stereocenters. The Morgan fingerprint density at radius 3 is 2.76 bits per heavy atom. The molecule has 2 N–H and O–H groups in total.